The fourth-order valence-corrected chi connectivity index (χ4v) is 3.18. The molecule has 2 aromatic rings. The molecule has 0 atom stereocenters. The van der Waals surface area contributed by atoms with Crippen molar-refractivity contribution in [3.05, 3.63) is 47.0 Å². The highest BCUT2D eigenvalue weighted by atomic mass is 19.1. The molecule has 1 aliphatic carbocycles. The first-order valence-electron chi connectivity index (χ1n) is 7.50. The molecule has 0 radical (unpaired) electrons. The van der Waals surface area contributed by atoms with Gasteiger partial charge in [0.15, 0.2) is 6.29 Å². The fourth-order valence-electron chi connectivity index (χ4n) is 3.18. The fraction of sp³-hybridized carbons (Fsp3) is 0.412. The smallest absolute Gasteiger partial charge is 0.153 e. The van der Waals surface area contributed by atoms with Crippen LogP contribution in [0.4, 0.5) is 4.39 Å². The summed E-state index contributed by atoms with van der Waals surface area (Å²) >= 11 is 0. The predicted octanol–water partition coefficient (Wildman–Crippen LogP) is 4.18. The van der Waals surface area contributed by atoms with Crippen LogP contribution in [0.3, 0.4) is 0 Å². The van der Waals surface area contributed by atoms with Gasteiger partial charge in [-0.15, -0.1) is 0 Å². The van der Waals surface area contributed by atoms with Gasteiger partial charge in [-0.25, -0.2) is 9.07 Å². The van der Waals surface area contributed by atoms with Crippen molar-refractivity contribution in [2.45, 2.75) is 44.9 Å². The van der Waals surface area contributed by atoms with Crippen LogP contribution in [0.2, 0.25) is 0 Å². The third-order valence-electron chi connectivity index (χ3n) is 4.30. The maximum atomic E-state index is 13.2. The highest BCUT2D eigenvalue weighted by Crippen LogP contribution is 2.33. The lowest BCUT2D eigenvalue weighted by Gasteiger charge is -2.20. The second-order valence-electron chi connectivity index (χ2n) is 5.80. The van der Waals surface area contributed by atoms with E-state index in [2.05, 4.69) is 5.10 Å². The van der Waals surface area contributed by atoms with Gasteiger partial charge in [0.05, 0.1) is 16.9 Å². The third kappa shape index (κ3) is 2.75. The molecule has 1 aromatic heterocycles. The van der Waals surface area contributed by atoms with Crippen molar-refractivity contribution in [2.24, 2.45) is 0 Å². The van der Waals surface area contributed by atoms with Gasteiger partial charge < -0.3 is 0 Å². The Morgan fingerprint density at radius 2 is 2.05 bits per heavy atom. The van der Waals surface area contributed by atoms with E-state index >= 15 is 0 Å². The Labute approximate surface area is 123 Å². The Morgan fingerprint density at radius 3 is 2.71 bits per heavy atom. The molecular formula is C17H19FN2O. The predicted molar refractivity (Wildman–Crippen MR) is 79.5 cm³/mol. The number of hydrogen-bond acceptors (Lipinski definition) is 2. The van der Waals surface area contributed by atoms with Gasteiger partial charge in [0.25, 0.3) is 0 Å². The Bertz CT molecular complexity index is 657. The standard InChI is InChI=1S/C17H19FN2O/c1-12-9-15(18)7-8-16(12)20-10-14(11-21)17(19-20)13-5-3-2-4-6-13/h7-11,13H,2-6H2,1H3. The zero-order chi connectivity index (χ0) is 14.8. The Hall–Kier alpha value is -1.97. The summed E-state index contributed by atoms with van der Waals surface area (Å²) in [7, 11) is 0. The van der Waals surface area contributed by atoms with Crippen molar-refractivity contribution >= 4 is 6.29 Å². The van der Waals surface area contributed by atoms with Crippen molar-refractivity contribution < 1.29 is 9.18 Å². The number of aldehydes is 1. The summed E-state index contributed by atoms with van der Waals surface area (Å²) in [4.78, 5) is 11.3. The summed E-state index contributed by atoms with van der Waals surface area (Å²) in [6.45, 7) is 1.85. The van der Waals surface area contributed by atoms with E-state index in [9.17, 15) is 9.18 Å². The van der Waals surface area contributed by atoms with Crippen LogP contribution in [-0.4, -0.2) is 16.1 Å². The SMILES string of the molecule is Cc1cc(F)ccc1-n1cc(C=O)c(C2CCCCC2)n1. The van der Waals surface area contributed by atoms with Crippen LogP contribution in [0, 0.1) is 12.7 Å². The zero-order valence-corrected chi connectivity index (χ0v) is 12.2. The number of aryl methyl sites for hydroxylation is 1. The molecule has 3 nitrogen and oxygen atoms in total. The number of nitrogens with zero attached hydrogens (tertiary/aromatic N) is 2. The van der Waals surface area contributed by atoms with E-state index in [1.165, 1.54) is 31.4 Å². The van der Waals surface area contributed by atoms with E-state index in [1.54, 1.807) is 16.9 Å². The van der Waals surface area contributed by atoms with Crippen LogP contribution in [-0.2, 0) is 0 Å². The molecule has 110 valence electrons. The Kier molecular flexibility index (Phi) is 3.86. The van der Waals surface area contributed by atoms with Crippen molar-refractivity contribution in [3.8, 4) is 5.69 Å². The minimum absolute atomic E-state index is 0.258. The molecule has 1 aliphatic rings. The second-order valence-corrected chi connectivity index (χ2v) is 5.80. The first-order valence-corrected chi connectivity index (χ1v) is 7.50. The number of carbonyl (C=O) groups excluding carboxylic acids is 1. The molecule has 0 N–H and O–H groups in total. The highest BCUT2D eigenvalue weighted by molar-refractivity contribution is 5.76. The Morgan fingerprint density at radius 1 is 1.29 bits per heavy atom. The first kappa shape index (κ1) is 14.0. The summed E-state index contributed by atoms with van der Waals surface area (Å²) in [6, 6.07) is 4.61. The number of hydrogen-bond donors (Lipinski definition) is 0. The van der Waals surface area contributed by atoms with Gasteiger partial charge in [-0.2, -0.15) is 5.10 Å². The molecular weight excluding hydrogens is 267 g/mol. The van der Waals surface area contributed by atoms with Crippen LogP contribution in [0.15, 0.2) is 24.4 Å². The number of aromatic nitrogens is 2. The summed E-state index contributed by atoms with van der Waals surface area (Å²) in [5, 5.41) is 4.63. The van der Waals surface area contributed by atoms with E-state index in [-0.39, 0.29) is 5.82 Å². The van der Waals surface area contributed by atoms with Gasteiger partial charge >= 0.3 is 0 Å². The zero-order valence-electron chi connectivity index (χ0n) is 12.2. The molecule has 4 heteroatoms. The summed E-state index contributed by atoms with van der Waals surface area (Å²) in [5.74, 6) is 0.118. The van der Waals surface area contributed by atoms with Gasteiger partial charge in [0.1, 0.15) is 5.82 Å². The van der Waals surface area contributed by atoms with Gasteiger partial charge in [-0.3, -0.25) is 4.79 Å². The Balaban J connectivity index is 2.00. The van der Waals surface area contributed by atoms with Crippen LogP contribution in [0.25, 0.3) is 5.69 Å². The third-order valence-corrected chi connectivity index (χ3v) is 4.30. The van der Waals surface area contributed by atoms with Crippen molar-refractivity contribution in [1.82, 2.24) is 9.78 Å². The lowest BCUT2D eigenvalue weighted by molar-refractivity contribution is 0.112. The number of halogens is 1. The number of rotatable bonds is 3. The summed E-state index contributed by atoms with van der Waals surface area (Å²) in [6.07, 6.45) is 8.51. The van der Waals surface area contributed by atoms with Gasteiger partial charge in [0, 0.05) is 12.1 Å². The number of benzene rings is 1. The van der Waals surface area contributed by atoms with E-state index in [1.807, 2.05) is 6.92 Å². The van der Waals surface area contributed by atoms with E-state index in [4.69, 9.17) is 0 Å². The summed E-state index contributed by atoms with van der Waals surface area (Å²) < 4.78 is 14.9. The van der Waals surface area contributed by atoms with Crippen molar-refractivity contribution in [3.63, 3.8) is 0 Å². The van der Waals surface area contributed by atoms with Crippen molar-refractivity contribution in [2.75, 3.05) is 0 Å². The van der Waals surface area contributed by atoms with Crippen LogP contribution in [0.5, 0.6) is 0 Å². The average Bonchev–Trinajstić information content (AvgIpc) is 2.92. The largest absolute Gasteiger partial charge is 0.298 e. The van der Waals surface area contributed by atoms with E-state index < -0.39 is 0 Å². The lowest BCUT2D eigenvalue weighted by Crippen LogP contribution is -2.08. The molecule has 3 rings (SSSR count). The molecule has 0 unspecified atom stereocenters. The molecule has 1 fully saturated rings. The molecule has 0 bridgehead atoms. The maximum absolute atomic E-state index is 13.2. The first-order chi connectivity index (χ1) is 10.2. The minimum atomic E-state index is -0.258. The van der Waals surface area contributed by atoms with E-state index in [0.29, 0.717) is 11.5 Å². The molecule has 0 amide bonds. The normalized spacial score (nSPS) is 16.1. The van der Waals surface area contributed by atoms with Crippen LogP contribution in [0.1, 0.15) is 59.6 Å². The molecule has 0 saturated heterocycles. The van der Waals surface area contributed by atoms with Crippen LogP contribution >= 0.6 is 0 Å². The van der Waals surface area contributed by atoms with Gasteiger partial charge in [-0.1, -0.05) is 19.3 Å². The van der Waals surface area contributed by atoms with Crippen LogP contribution < -0.4 is 0 Å². The second kappa shape index (κ2) is 5.80. The average molecular weight is 286 g/mol. The molecule has 1 aromatic carbocycles. The van der Waals surface area contributed by atoms with Gasteiger partial charge in [-0.05, 0) is 43.5 Å². The molecule has 0 spiro atoms. The monoisotopic (exact) mass is 286 g/mol. The topological polar surface area (TPSA) is 34.9 Å². The van der Waals surface area contributed by atoms with Gasteiger partial charge in [0.2, 0.25) is 0 Å². The molecule has 1 heterocycles. The molecule has 21 heavy (non-hydrogen) atoms. The molecule has 0 aliphatic heterocycles. The summed E-state index contributed by atoms with van der Waals surface area (Å²) in [5.41, 5.74) is 3.19. The quantitative estimate of drug-likeness (QED) is 0.793. The highest BCUT2D eigenvalue weighted by Gasteiger charge is 2.22. The van der Waals surface area contributed by atoms with Crippen molar-refractivity contribution in [1.29, 1.82) is 0 Å². The minimum Gasteiger partial charge on any atom is -0.298 e. The molecule has 1 saturated carbocycles. The maximum Gasteiger partial charge on any atom is 0.153 e. The lowest BCUT2D eigenvalue weighted by atomic mass is 9.86. The van der Waals surface area contributed by atoms with E-state index in [0.717, 1.165) is 36.1 Å². The number of carbonyl (C=O) groups is 1.